The molecular formula is C11H10N2O2. The molecule has 1 aliphatic heterocycles. The summed E-state index contributed by atoms with van der Waals surface area (Å²) < 4.78 is 7.30. The maximum absolute atomic E-state index is 11.1. The van der Waals surface area contributed by atoms with Gasteiger partial charge in [0.2, 0.25) is 0 Å². The van der Waals surface area contributed by atoms with Gasteiger partial charge in [-0.15, -0.1) is 0 Å². The first kappa shape index (κ1) is 8.49. The van der Waals surface area contributed by atoms with Crippen molar-refractivity contribution in [2.24, 2.45) is 5.73 Å². The molecule has 0 saturated carbocycles. The third-order valence-corrected chi connectivity index (χ3v) is 2.74. The van der Waals surface area contributed by atoms with Crippen molar-refractivity contribution in [3.63, 3.8) is 0 Å². The molecule has 1 amide bonds. The maximum atomic E-state index is 11.1. The number of rotatable bonds is 1. The highest BCUT2D eigenvalue weighted by Gasteiger charge is 2.29. The average molecular weight is 202 g/mol. The molecule has 4 nitrogen and oxygen atoms in total. The van der Waals surface area contributed by atoms with Crippen molar-refractivity contribution in [3.8, 4) is 0 Å². The molecule has 1 atom stereocenters. The van der Waals surface area contributed by atoms with Crippen molar-refractivity contribution in [1.82, 2.24) is 4.57 Å². The number of ether oxygens (including phenoxy) is 1. The molecule has 0 bridgehead atoms. The fourth-order valence-electron chi connectivity index (χ4n) is 2.06. The van der Waals surface area contributed by atoms with E-state index in [-0.39, 0.29) is 0 Å². The highest BCUT2D eigenvalue weighted by molar-refractivity contribution is 5.86. The monoisotopic (exact) mass is 202 g/mol. The lowest BCUT2D eigenvalue weighted by Crippen LogP contribution is -2.20. The number of carbonyl (C=O) groups is 1. The second kappa shape index (κ2) is 2.84. The van der Waals surface area contributed by atoms with E-state index in [1.54, 1.807) is 0 Å². The van der Waals surface area contributed by atoms with Crippen LogP contribution in [0.3, 0.4) is 0 Å². The molecule has 15 heavy (non-hydrogen) atoms. The third-order valence-electron chi connectivity index (χ3n) is 2.74. The third kappa shape index (κ3) is 1.08. The van der Waals surface area contributed by atoms with Crippen LogP contribution < -0.4 is 5.73 Å². The first-order valence-corrected chi connectivity index (χ1v) is 4.76. The molecule has 76 valence electrons. The SMILES string of the molecule is NC(=O)C1OCn2c1cc1ccccc12. The van der Waals surface area contributed by atoms with Gasteiger partial charge in [-0.05, 0) is 12.1 Å². The van der Waals surface area contributed by atoms with E-state index in [4.69, 9.17) is 10.5 Å². The summed E-state index contributed by atoms with van der Waals surface area (Å²) in [5.74, 6) is -0.434. The normalized spacial score (nSPS) is 19.3. The Bertz CT molecular complexity index is 545. The number of carbonyl (C=O) groups excluding carboxylic acids is 1. The summed E-state index contributed by atoms with van der Waals surface area (Å²) in [6.07, 6.45) is -0.600. The Hall–Kier alpha value is -1.81. The van der Waals surface area contributed by atoms with Crippen LogP contribution in [0.2, 0.25) is 0 Å². The molecule has 2 N–H and O–H groups in total. The van der Waals surface area contributed by atoms with Gasteiger partial charge < -0.3 is 15.0 Å². The Balaban J connectivity index is 2.25. The predicted molar refractivity (Wildman–Crippen MR) is 55.0 cm³/mol. The minimum absolute atomic E-state index is 0.399. The Morgan fingerprint density at radius 3 is 3.07 bits per heavy atom. The number of benzene rings is 1. The van der Waals surface area contributed by atoms with Crippen molar-refractivity contribution in [2.75, 3.05) is 0 Å². The number of primary amides is 1. The number of para-hydroxylation sites is 1. The van der Waals surface area contributed by atoms with Gasteiger partial charge in [-0.1, -0.05) is 18.2 Å². The molecule has 1 aromatic heterocycles. The average Bonchev–Trinajstić information content (AvgIpc) is 2.74. The minimum Gasteiger partial charge on any atom is -0.367 e. The second-order valence-electron chi connectivity index (χ2n) is 3.63. The van der Waals surface area contributed by atoms with Gasteiger partial charge in [-0.2, -0.15) is 0 Å². The molecule has 2 heterocycles. The summed E-state index contributed by atoms with van der Waals surface area (Å²) in [4.78, 5) is 11.1. The summed E-state index contributed by atoms with van der Waals surface area (Å²) in [5, 5.41) is 1.11. The van der Waals surface area contributed by atoms with Gasteiger partial charge >= 0.3 is 0 Å². The number of amides is 1. The minimum atomic E-state index is -0.600. The van der Waals surface area contributed by atoms with Gasteiger partial charge in [-0.3, -0.25) is 4.79 Å². The lowest BCUT2D eigenvalue weighted by atomic mass is 10.2. The molecule has 1 aromatic carbocycles. The smallest absolute Gasteiger partial charge is 0.252 e. The first-order chi connectivity index (χ1) is 7.27. The molecule has 1 aliphatic rings. The Kier molecular flexibility index (Phi) is 1.61. The highest BCUT2D eigenvalue weighted by Crippen LogP contribution is 2.31. The fraction of sp³-hybridized carbons (Fsp3) is 0.182. The van der Waals surface area contributed by atoms with E-state index in [1.807, 2.05) is 34.9 Å². The fourth-order valence-corrected chi connectivity index (χ4v) is 2.06. The Morgan fingerprint density at radius 1 is 1.47 bits per heavy atom. The van der Waals surface area contributed by atoms with Crippen molar-refractivity contribution in [3.05, 3.63) is 36.0 Å². The number of hydrogen-bond donors (Lipinski definition) is 1. The van der Waals surface area contributed by atoms with E-state index < -0.39 is 12.0 Å². The van der Waals surface area contributed by atoms with E-state index >= 15 is 0 Å². The largest absolute Gasteiger partial charge is 0.367 e. The van der Waals surface area contributed by atoms with Gasteiger partial charge in [-0.25, -0.2) is 0 Å². The van der Waals surface area contributed by atoms with Crippen molar-refractivity contribution in [2.45, 2.75) is 12.8 Å². The Morgan fingerprint density at radius 2 is 2.27 bits per heavy atom. The number of nitrogens with zero attached hydrogens (tertiary/aromatic N) is 1. The van der Waals surface area contributed by atoms with Gasteiger partial charge in [0, 0.05) is 5.39 Å². The molecule has 0 saturated heterocycles. The number of fused-ring (bicyclic) bond motifs is 3. The van der Waals surface area contributed by atoms with Crippen molar-refractivity contribution < 1.29 is 9.53 Å². The second-order valence-corrected chi connectivity index (χ2v) is 3.63. The Labute approximate surface area is 86.2 Å². The molecule has 0 aliphatic carbocycles. The summed E-state index contributed by atoms with van der Waals surface area (Å²) in [7, 11) is 0. The summed E-state index contributed by atoms with van der Waals surface area (Å²) >= 11 is 0. The van der Waals surface area contributed by atoms with E-state index in [0.717, 1.165) is 16.6 Å². The molecule has 0 spiro atoms. The lowest BCUT2D eigenvalue weighted by Gasteiger charge is -2.01. The number of aromatic nitrogens is 1. The zero-order chi connectivity index (χ0) is 10.4. The lowest BCUT2D eigenvalue weighted by molar-refractivity contribution is -0.129. The van der Waals surface area contributed by atoms with Crippen LogP contribution in [-0.4, -0.2) is 10.5 Å². The standard InChI is InChI=1S/C11H10N2O2/c12-11(14)10-9-5-7-3-1-2-4-8(7)13(9)6-15-10/h1-5,10H,6H2,(H2,12,14). The van der Waals surface area contributed by atoms with E-state index in [0.29, 0.717) is 6.73 Å². The van der Waals surface area contributed by atoms with Crippen LogP contribution in [0.15, 0.2) is 30.3 Å². The van der Waals surface area contributed by atoms with Crippen LogP contribution in [0.1, 0.15) is 11.8 Å². The molecule has 0 fully saturated rings. The summed E-state index contributed by atoms with van der Waals surface area (Å²) in [6, 6.07) is 9.91. The zero-order valence-corrected chi connectivity index (χ0v) is 8.01. The number of nitrogens with two attached hydrogens (primary N) is 1. The van der Waals surface area contributed by atoms with Gasteiger partial charge in [0.25, 0.3) is 5.91 Å². The molecular weight excluding hydrogens is 192 g/mol. The van der Waals surface area contributed by atoms with Gasteiger partial charge in [0.15, 0.2) is 6.10 Å². The van der Waals surface area contributed by atoms with Crippen LogP contribution in [0, 0.1) is 0 Å². The van der Waals surface area contributed by atoms with Crippen LogP contribution in [0.5, 0.6) is 0 Å². The molecule has 3 rings (SSSR count). The van der Waals surface area contributed by atoms with E-state index in [1.165, 1.54) is 0 Å². The van der Waals surface area contributed by atoms with Gasteiger partial charge in [0.1, 0.15) is 6.73 Å². The van der Waals surface area contributed by atoms with Crippen LogP contribution in [0.25, 0.3) is 10.9 Å². The zero-order valence-electron chi connectivity index (χ0n) is 8.01. The first-order valence-electron chi connectivity index (χ1n) is 4.76. The molecule has 1 unspecified atom stereocenters. The summed E-state index contributed by atoms with van der Waals surface area (Å²) in [6.45, 7) is 0.399. The highest BCUT2D eigenvalue weighted by atomic mass is 16.5. The predicted octanol–water partition coefficient (Wildman–Crippen LogP) is 1.16. The van der Waals surface area contributed by atoms with E-state index in [9.17, 15) is 4.79 Å². The molecule has 2 aromatic rings. The topological polar surface area (TPSA) is 57.3 Å². The van der Waals surface area contributed by atoms with Crippen LogP contribution >= 0.6 is 0 Å². The molecule has 4 heteroatoms. The van der Waals surface area contributed by atoms with Crippen LogP contribution in [0.4, 0.5) is 0 Å². The van der Waals surface area contributed by atoms with Crippen molar-refractivity contribution >= 4 is 16.8 Å². The maximum Gasteiger partial charge on any atom is 0.252 e. The number of hydrogen-bond acceptors (Lipinski definition) is 2. The molecule has 0 radical (unpaired) electrons. The quantitative estimate of drug-likeness (QED) is 0.754. The van der Waals surface area contributed by atoms with Crippen LogP contribution in [-0.2, 0) is 16.3 Å². The van der Waals surface area contributed by atoms with E-state index in [2.05, 4.69) is 0 Å². The van der Waals surface area contributed by atoms with Gasteiger partial charge in [0.05, 0.1) is 11.2 Å². The van der Waals surface area contributed by atoms with Crippen molar-refractivity contribution in [1.29, 1.82) is 0 Å². The summed E-state index contributed by atoms with van der Waals surface area (Å²) in [5.41, 5.74) is 7.19.